The highest BCUT2D eigenvalue weighted by molar-refractivity contribution is 6.46. The third-order valence-electron chi connectivity index (χ3n) is 5.62. The van der Waals surface area contributed by atoms with Crippen molar-refractivity contribution in [2.24, 2.45) is 0 Å². The van der Waals surface area contributed by atoms with E-state index in [0.717, 1.165) is 34.6 Å². The van der Waals surface area contributed by atoms with E-state index >= 15 is 0 Å². The van der Waals surface area contributed by atoms with Crippen LogP contribution < -0.4 is 15.0 Å². The molecular formula is C27H24F2N2O3. The van der Waals surface area contributed by atoms with E-state index in [2.05, 4.69) is 5.32 Å². The molecule has 1 aliphatic rings. The fourth-order valence-electron chi connectivity index (χ4n) is 3.70. The highest BCUT2D eigenvalue weighted by atomic mass is 19.2. The molecule has 1 aliphatic heterocycles. The number of aryl methyl sites for hydroxylation is 2. The Balaban J connectivity index is 1.80. The van der Waals surface area contributed by atoms with Crippen LogP contribution in [0.3, 0.4) is 0 Å². The molecule has 0 spiro atoms. The molecule has 5 nitrogen and oxygen atoms in total. The molecule has 3 aromatic carbocycles. The van der Waals surface area contributed by atoms with Crippen molar-refractivity contribution in [3.05, 3.63) is 94.7 Å². The third kappa shape index (κ3) is 4.41. The van der Waals surface area contributed by atoms with E-state index in [4.69, 9.17) is 4.74 Å². The highest BCUT2D eigenvalue weighted by Gasteiger charge is 2.40. The Bertz CT molecular complexity index is 1320. The number of nitrogens with one attached hydrogen (secondary N) is 1. The SMILES string of the molecule is CCCOc1cccc(N2C(=O)C(Nc3ccc(F)c(F)c3)=C(c3ccc(C)c(C)c3)C2=O)c1. The summed E-state index contributed by atoms with van der Waals surface area (Å²) in [7, 11) is 0. The summed E-state index contributed by atoms with van der Waals surface area (Å²) in [6, 6.07) is 15.4. The fourth-order valence-corrected chi connectivity index (χ4v) is 3.70. The van der Waals surface area contributed by atoms with Gasteiger partial charge in [-0.15, -0.1) is 0 Å². The molecule has 0 aromatic heterocycles. The van der Waals surface area contributed by atoms with Crippen LogP contribution in [0, 0.1) is 25.5 Å². The van der Waals surface area contributed by atoms with E-state index in [1.165, 1.54) is 6.07 Å². The van der Waals surface area contributed by atoms with Crippen LogP contribution in [0.5, 0.6) is 5.75 Å². The zero-order valence-corrected chi connectivity index (χ0v) is 19.1. The number of halogens is 2. The van der Waals surface area contributed by atoms with Gasteiger partial charge in [-0.05, 0) is 61.2 Å². The number of imide groups is 1. The maximum Gasteiger partial charge on any atom is 0.282 e. The van der Waals surface area contributed by atoms with Crippen molar-refractivity contribution in [2.75, 3.05) is 16.8 Å². The Morgan fingerprint density at radius 2 is 1.68 bits per heavy atom. The molecule has 0 saturated carbocycles. The number of amides is 2. The molecule has 4 rings (SSSR count). The number of ether oxygens (including phenoxy) is 1. The molecule has 0 bridgehead atoms. The van der Waals surface area contributed by atoms with Gasteiger partial charge in [0.05, 0.1) is 17.9 Å². The maximum absolute atomic E-state index is 13.8. The minimum Gasteiger partial charge on any atom is -0.494 e. The van der Waals surface area contributed by atoms with Crippen molar-refractivity contribution in [3.63, 3.8) is 0 Å². The topological polar surface area (TPSA) is 58.6 Å². The fraction of sp³-hybridized carbons (Fsp3) is 0.185. The molecule has 0 atom stereocenters. The summed E-state index contributed by atoms with van der Waals surface area (Å²) in [6.07, 6.45) is 0.812. The first-order chi connectivity index (χ1) is 16.3. The number of hydrogen-bond donors (Lipinski definition) is 1. The smallest absolute Gasteiger partial charge is 0.282 e. The van der Waals surface area contributed by atoms with E-state index < -0.39 is 23.4 Å². The van der Waals surface area contributed by atoms with E-state index in [1.807, 2.05) is 32.9 Å². The second-order valence-electron chi connectivity index (χ2n) is 8.09. The number of anilines is 2. The molecule has 7 heteroatoms. The van der Waals surface area contributed by atoms with Crippen molar-refractivity contribution >= 4 is 28.8 Å². The number of hydrogen-bond acceptors (Lipinski definition) is 4. The minimum atomic E-state index is -1.06. The molecule has 174 valence electrons. The summed E-state index contributed by atoms with van der Waals surface area (Å²) in [5.74, 6) is -2.66. The van der Waals surface area contributed by atoms with E-state index in [-0.39, 0.29) is 17.0 Å². The molecule has 2 amide bonds. The van der Waals surface area contributed by atoms with Crippen LogP contribution >= 0.6 is 0 Å². The van der Waals surface area contributed by atoms with Gasteiger partial charge in [0, 0.05) is 17.8 Å². The summed E-state index contributed by atoms with van der Waals surface area (Å²) >= 11 is 0. The lowest BCUT2D eigenvalue weighted by Gasteiger charge is -2.17. The number of carbonyl (C=O) groups excluding carboxylic acids is 2. The van der Waals surface area contributed by atoms with Crippen molar-refractivity contribution in [3.8, 4) is 5.75 Å². The van der Waals surface area contributed by atoms with E-state index in [1.54, 1.807) is 30.3 Å². The van der Waals surface area contributed by atoms with Gasteiger partial charge in [0.1, 0.15) is 11.4 Å². The average Bonchev–Trinajstić information content (AvgIpc) is 3.06. The number of benzene rings is 3. The van der Waals surface area contributed by atoms with Gasteiger partial charge in [0.25, 0.3) is 11.8 Å². The van der Waals surface area contributed by atoms with E-state index in [9.17, 15) is 18.4 Å². The van der Waals surface area contributed by atoms with Crippen LogP contribution in [0.2, 0.25) is 0 Å². The standard InChI is InChI=1S/C27H24F2N2O3/c1-4-12-34-21-7-5-6-20(15-21)31-26(32)24(18-9-8-16(2)17(3)13-18)25(27(31)33)30-19-10-11-22(28)23(29)14-19/h5-11,13-15,30H,4,12H2,1-3H3. The van der Waals surface area contributed by atoms with Crippen molar-refractivity contribution in [2.45, 2.75) is 27.2 Å². The molecule has 0 radical (unpaired) electrons. The summed E-state index contributed by atoms with van der Waals surface area (Å²) in [6.45, 7) is 6.34. The van der Waals surface area contributed by atoms with Crippen molar-refractivity contribution < 1.29 is 23.1 Å². The second-order valence-corrected chi connectivity index (χ2v) is 8.09. The molecule has 0 saturated heterocycles. The van der Waals surface area contributed by atoms with Crippen LogP contribution in [-0.2, 0) is 9.59 Å². The lowest BCUT2D eigenvalue weighted by Crippen LogP contribution is -2.32. The number of nitrogens with zero attached hydrogens (tertiary/aromatic N) is 1. The Labute approximate surface area is 196 Å². The number of rotatable bonds is 7. The van der Waals surface area contributed by atoms with Gasteiger partial charge in [-0.1, -0.05) is 31.2 Å². The van der Waals surface area contributed by atoms with Crippen LogP contribution in [0.4, 0.5) is 20.2 Å². The summed E-state index contributed by atoms with van der Waals surface area (Å²) in [4.78, 5) is 28.2. The lowest BCUT2D eigenvalue weighted by atomic mass is 9.99. The first-order valence-electron chi connectivity index (χ1n) is 11.0. The largest absolute Gasteiger partial charge is 0.494 e. The zero-order chi connectivity index (χ0) is 24.4. The normalized spacial score (nSPS) is 13.6. The molecule has 3 aromatic rings. The summed E-state index contributed by atoms with van der Waals surface area (Å²) < 4.78 is 32.9. The quantitative estimate of drug-likeness (QED) is 0.453. The van der Waals surface area contributed by atoms with Gasteiger partial charge in [0.15, 0.2) is 11.6 Å². The first-order valence-corrected chi connectivity index (χ1v) is 11.0. The molecule has 0 fully saturated rings. The first kappa shape index (κ1) is 23.2. The lowest BCUT2D eigenvalue weighted by molar-refractivity contribution is -0.120. The van der Waals surface area contributed by atoms with Crippen LogP contribution in [0.15, 0.2) is 66.4 Å². The second kappa shape index (κ2) is 9.47. The Morgan fingerprint density at radius 1 is 0.882 bits per heavy atom. The molecule has 34 heavy (non-hydrogen) atoms. The van der Waals surface area contributed by atoms with Crippen molar-refractivity contribution in [1.29, 1.82) is 0 Å². The van der Waals surface area contributed by atoms with Gasteiger partial charge < -0.3 is 10.1 Å². The minimum absolute atomic E-state index is 0.0147. The van der Waals surface area contributed by atoms with Gasteiger partial charge in [-0.3, -0.25) is 9.59 Å². The molecule has 1 heterocycles. The molecular weight excluding hydrogens is 438 g/mol. The van der Waals surface area contributed by atoms with Gasteiger partial charge in [-0.2, -0.15) is 0 Å². The predicted octanol–water partition coefficient (Wildman–Crippen LogP) is 5.77. The van der Waals surface area contributed by atoms with Crippen LogP contribution in [-0.4, -0.2) is 18.4 Å². The van der Waals surface area contributed by atoms with Gasteiger partial charge in [-0.25, -0.2) is 13.7 Å². The maximum atomic E-state index is 13.8. The molecule has 0 unspecified atom stereocenters. The summed E-state index contributed by atoms with van der Waals surface area (Å²) in [5.41, 5.74) is 3.18. The molecule has 0 aliphatic carbocycles. The third-order valence-corrected chi connectivity index (χ3v) is 5.62. The van der Waals surface area contributed by atoms with Gasteiger partial charge in [0.2, 0.25) is 0 Å². The van der Waals surface area contributed by atoms with Crippen molar-refractivity contribution in [1.82, 2.24) is 0 Å². The highest BCUT2D eigenvalue weighted by Crippen LogP contribution is 2.35. The number of carbonyl (C=O) groups is 2. The van der Waals surface area contributed by atoms with Crippen LogP contribution in [0.25, 0.3) is 5.57 Å². The Morgan fingerprint density at radius 3 is 2.38 bits per heavy atom. The van der Waals surface area contributed by atoms with Gasteiger partial charge >= 0.3 is 0 Å². The molecule has 1 N–H and O–H groups in total. The summed E-state index contributed by atoms with van der Waals surface area (Å²) in [5, 5.41) is 2.85. The Hall–Kier alpha value is -4.00. The zero-order valence-electron chi connectivity index (χ0n) is 19.1. The predicted molar refractivity (Wildman–Crippen MR) is 128 cm³/mol. The monoisotopic (exact) mass is 462 g/mol. The average molecular weight is 462 g/mol. The van der Waals surface area contributed by atoms with E-state index in [0.29, 0.717) is 23.6 Å². The Kier molecular flexibility index (Phi) is 6.45. The van der Waals surface area contributed by atoms with Crippen LogP contribution in [0.1, 0.15) is 30.0 Å².